The molecule has 0 aromatic heterocycles. The molecule has 0 spiro atoms. The molecule has 9 heteroatoms. The van der Waals surface area contributed by atoms with Crippen molar-refractivity contribution in [1.82, 2.24) is 0 Å². The van der Waals surface area contributed by atoms with Crippen molar-refractivity contribution in [3.05, 3.63) is 35.4 Å². The Morgan fingerprint density at radius 3 is 1.62 bits per heavy atom. The molecule has 0 saturated heterocycles. The number of benzene rings is 1. The summed E-state index contributed by atoms with van der Waals surface area (Å²) in [5, 5.41) is 0. The van der Waals surface area contributed by atoms with E-state index in [9.17, 15) is 23.2 Å². The van der Waals surface area contributed by atoms with E-state index in [4.69, 9.17) is 13.3 Å². The van der Waals surface area contributed by atoms with Crippen LogP contribution in [0.1, 0.15) is 64.9 Å². The summed E-state index contributed by atoms with van der Waals surface area (Å²) in [6, 6.07) is 3.47. The fourth-order valence-corrected chi connectivity index (χ4v) is 5.14. The van der Waals surface area contributed by atoms with Gasteiger partial charge in [-0.25, -0.2) is 8.78 Å². The summed E-state index contributed by atoms with van der Waals surface area (Å²) in [5.74, 6) is -3.09. The SMILES string of the molecule is CCC(=O)O[Si](CCCCCc1cc(F)cc(F)c1)(OC(=O)CC)OC(=O)CC. The van der Waals surface area contributed by atoms with E-state index in [1.165, 1.54) is 12.1 Å². The van der Waals surface area contributed by atoms with Gasteiger partial charge in [0.05, 0.1) is 6.04 Å². The maximum atomic E-state index is 13.2. The van der Waals surface area contributed by atoms with Crippen LogP contribution in [-0.4, -0.2) is 26.7 Å². The van der Waals surface area contributed by atoms with E-state index in [1.807, 2.05) is 0 Å². The molecule has 0 bridgehead atoms. The molecule has 1 rings (SSSR count). The highest BCUT2D eigenvalue weighted by atomic mass is 28.4. The first kappa shape index (κ1) is 24.7. The molecule has 6 nitrogen and oxygen atoms in total. The van der Waals surface area contributed by atoms with Crippen molar-refractivity contribution < 1.29 is 36.4 Å². The normalized spacial score (nSPS) is 11.1. The van der Waals surface area contributed by atoms with Crippen LogP contribution < -0.4 is 0 Å². The van der Waals surface area contributed by atoms with Crippen molar-refractivity contribution in [2.45, 2.75) is 71.8 Å². The highest BCUT2D eigenvalue weighted by Crippen LogP contribution is 2.23. The number of hydrogen-bond donors (Lipinski definition) is 0. The summed E-state index contributed by atoms with van der Waals surface area (Å²) in [5.41, 5.74) is 0.540. The zero-order chi connectivity index (χ0) is 21.9. The Morgan fingerprint density at radius 1 is 0.759 bits per heavy atom. The van der Waals surface area contributed by atoms with Gasteiger partial charge < -0.3 is 13.3 Å². The number of rotatable bonds is 12. The van der Waals surface area contributed by atoms with Gasteiger partial charge in [-0.15, -0.1) is 0 Å². The maximum absolute atomic E-state index is 13.2. The summed E-state index contributed by atoms with van der Waals surface area (Å²) < 4.78 is 42.5. The molecule has 0 unspecified atom stereocenters. The number of hydrogen-bond acceptors (Lipinski definition) is 6. The van der Waals surface area contributed by atoms with Gasteiger partial charge in [0.1, 0.15) is 11.6 Å². The van der Waals surface area contributed by atoms with E-state index in [2.05, 4.69) is 0 Å². The molecule has 0 aliphatic rings. The van der Waals surface area contributed by atoms with Crippen LogP contribution in [0.3, 0.4) is 0 Å². The molecular formula is C20H28F2O6Si. The van der Waals surface area contributed by atoms with Gasteiger partial charge in [-0.2, -0.15) is 0 Å². The maximum Gasteiger partial charge on any atom is 0.705 e. The van der Waals surface area contributed by atoms with E-state index in [0.29, 0.717) is 31.2 Å². The van der Waals surface area contributed by atoms with Gasteiger partial charge in [0.15, 0.2) is 0 Å². The minimum atomic E-state index is -3.86. The first-order chi connectivity index (χ1) is 13.7. The monoisotopic (exact) mass is 430 g/mol. The van der Waals surface area contributed by atoms with Gasteiger partial charge in [-0.05, 0) is 37.0 Å². The first-order valence-electron chi connectivity index (χ1n) is 9.84. The molecular weight excluding hydrogens is 402 g/mol. The van der Waals surface area contributed by atoms with Crippen LogP contribution in [0.4, 0.5) is 8.78 Å². The van der Waals surface area contributed by atoms with E-state index >= 15 is 0 Å². The second-order valence-electron chi connectivity index (χ2n) is 6.50. The molecule has 29 heavy (non-hydrogen) atoms. The van der Waals surface area contributed by atoms with E-state index in [0.717, 1.165) is 6.07 Å². The Bertz CT molecular complexity index is 644. The Morgan fingerprint density at radius 2 is 1.21 bits per heavy atom. The van der Waals surface area contributed by atoms with Crippen LogP contribution in [0.25, 0.3) is 0 Å². The molecule has 0 amide bonds. The van der Waals surface area contributed by atoms with Crippen molar-refractivity contribution in [1.29, 1.82) is 0 Å². The summed E-state index contributed by atoms with van der Waals surface area (Å²) in [6.45, 7) is 4.76. The van der Waals surface area contributed by atoms with E-state index in [1.54, 1.807) is 20.8 Å². The molecule has 1 aromatic carbocycles. The molecule has 0 fully saturated rings. The van der Waals surface area contributed by atoms with Gasteiger partial charge >= 0.3 is 8.80 Å². The fourth-order valence-electron chi connectivity index (χ4n) is 2.56. The van der Waals surface area contributed by atoms with Gasteiger partial charge in [0.2, 0.25) is 0 Å². The minimum absolute atomic E-state index is 0.0488. The van der Waals surface area contributed by atoms with Crippen molar-refractivity contribution in [3.63, 3.8) is 0 Å². The largest absolute Gasteiger partial charge is 0.705 e. The molecule has 0 saturated carbocycles. The van der Waals surface area contributed by atoms with Crippen LogP contribution in [0.2, 0.25) is 6.04 Å². The average molecular weight is 431 g/mol. The van der Waals surface area contributed by atoms with Crippen LogP contribution in [-0.2, 0) is 34.1 Å². The van der Waals surface area contributed by atoms with Gasteiger partial charge in [-0.1, -0.05) is 27.2 Å². The van der Waals surface area contributed by atoms with E-state index < -0.39 is 38.3 Å². The van der Waals surface area contributed by atoms with Crippen molar-refractivity contribution in [2.24, 2.45) is 0 Å². The Hall–Kier alpha value is -2.29. The first-order valence-corrected chi connectivity index (χ1v) is 11.8. The lowest BCUT2D eigenvalue weighted by atomic mass is 10.1. The van der Waals surface area contributed by atoms with E-state index in [-0.39, 0.29) is 25.3 Å². The zero-order valence-electron chi connectivity index (χ0n) is 17.1. The predicted molar refractivity (Wildman–Crippen MR) is 104 cm³/mol. The minimum Gasteiger partial charge on any atom is -0.455 e. The molecule has 0 radical (unpaired) electrons. The van der Waals surface area contributed by atoms with Crippen molar-refractivity contribution >= 4 is 26.7 Å². The molecule has 0 atom stereocenters. The number of halogens is 2. The molecule has 0 aliphatic carbocycles. The number of unbranched alkanes of at least 4 members (excludes halogenated alkanes) is 2. The lowest BCUT2D eigenvalue weighted by Gasteiger charge is -2.27. The molecule has 1 aromatic rings. The number of carbonyl (C=O) groups is 3. The second kappa shape index (κ2) is 12.3. The summed E-state index contributed by atoms with van der Waals surface area (Å²) in [7, 11) is -3.86. The number of aryl methyl sites for hydroxylation is 1. The van der Waals surface area contributed by atoms with Gasteiger partial charge in [-0.3, -0.25) is 14.4 Å². The van der Waals surface area contributed by atoms with Gasteiger partial charge in [0, 0.05) is 25.3 Å². The highest BCUT2D eigenvalue weighted by molar-refractivity contribution is 6.65. The third kappa shape index (κ3) is 9.16. The predicted octanol–water partition coefficient (Wildman–Crippen LogP) is 4.48. The van der Waals surface area contributed by atoms with Crippen molar-refractivity contribution in [3.8, 4) is 0 Å². The summed E-state index contributed by atoms with van der Waals surface area (Å²) >= 11 is 0. The molecule has 0 aliphatic heterocycles. The Kier molecular flexibility index (Phi) is 10.5. The smallest absolute Gasteiger partial charge is 0.455 e. The van der Waals surface area contributed by atoms with Crippen LogP contribution in [0.5, 0.6) is 0 Å². The van der Waals surface area contributed by atoms with Crippen molar-refractivity contribution in [2.75, 3.05) is 0 Å². The highest BCUT2D eigenvalue weighted by Gasteiger charge is 2.52. The van der Waals surface area contributed by atoms with Gasteiger partial charge in [0.25, 0.3) is 17.9 Å². The quantitative estimate of drug-likeness (QED) is 0.359. The van der Waals surface area contributed by atoms with Crippen LogP contribution in [0, 0.1) is 11.6 Å². The molecule has 0 N–H and O–H groups in total. The Labute approximate surface area is 170 Å². The molecule has 162 valence electrons. The van der Waals surface area contributed by atoms with Crippen LogP contribution in [0.15, 0.2) is 18.2 Å². The third-order valence-corrected chi connectivity index (χ3v) is 6.63. The third-order valence-electron chi connectivity index (χ3n) is 4.04. The lowest BCUT2D eigenvalue weighted by Crippen LogP contribution is -2.50. The average Bonchev–Trinajstić information content (AvgIpc) is 2.66. The lowest BCUT2D eigenvalue weighted by molar-refractivity contribution is -0.150. The standard InChI is InChI=1S/C20H28F2O6Si/c1-4-18(23)26-29(27-19(24)5-2,28-20(25)6-3)11-9-7-8-10-15-12-16(21)14-17(22)13-15/h12-14H,4-11H2,1-3H3. The zero-order valence-corrected chi connectivity index (χ0v) is 18.1. The number of carbonyl (C=O) groups excluding carboxylic acids is 3. The van der Waals surface area contributed by atoms with Crippen LogP contribution >= 0.6 is 0 Å². The second-order valence-corrected chi connectivity index (χ2v) is 8.98. The topological polar surface area (TPSA) is 78.9 Å². The molecule has 0 heterocycles. The summed E-state index contributed by atoms with van der Waals surface area (Å²) in [4.78, 5) is 35.6. The summed E-state index contributed by atoms with van der Waals surface area (Å²) in [6.07, 6.45) is 2.27. The fraction of sp³-hybridized carbons (Fsp3) is 0.550. The Balaban J connectivity index is 2.76.